The minimum atomic E-state index is -0.402. The molecule has 0 fully saturated rings. The molecule has 0 radical (unpaired) electrons. The van der Waals surface area contributed by atoms with Crippen LogP contribution in [0.1, 0.15) is 6.92 Å². The molecule has 5 heteroatoms. The molecule has 0 bridgehead atoms. The van der Waals surface area contributed by atoms with Crippen molar-refractivity contribution in [2.24, 2.45) is 0 Å². The van der Waals surface area contributed by atoms with E-state index >= 15 is 0 Å². The van der Waals surface area contributed by atoms with Crippen molar-refractivity contribution in [3.05, 3.63) is 22.7 Å². The molecular formula is C11H13BrO4. The third-order valence-corrected chi connectivity index (χ3v) is 2.41. The summed E-state index contributed by atoms with van der Waals surface area (Å²) in [5.74, 6) is 0.664. The Morgan fingerprint density at radius 2 is 2.19 bits per heavy atom. The first kappa shape index (κ1) is 12.8. The minimum absolute atomic E-state index is 0.132. The van der Waals surface area contributed by atoms with E-state index in [0.29, 0.717) is 18.1 Å². The predicted octanol–water partition coefficient (Wildman–Crippen LogP) is 2.40. The largest absolute Gasteiger partial charge is 0.493 e. The van der Waals surface area contributed by atoms with Crippen LogP contribution in [0.25, 0.3) is 0 Å². The van der Waals surface area contributed by atoms with Gasteiger partial charge in [0.15, 0.2) is 18.1 Å². The normalized spacial score (nSPS) is 9.69. The first-order valence-corrected chi connectivity index (χ1v) is 5.59. The molecule has 0 amide bonds. The topological polar surface area (TPSA) is 44.8 Å². The molecule has 1 rings (SSSR count). The SMILES string of the molecule is CCOC(=O)COc1c(Br)cccc1OC. The minimum Gasteiger partial charge on any atom is -0.493 e. The number of halogens is 1. The molecule has 0 aromatic heterocycles. The highest BCUT2D eigenvalue weighted by Gasteiger charge is 2.11. The van der Waals surface area contributed by atoms with Crippen molar-refractivity contribution in [2.45, 2.75) is 6.92 Å². The van der Waals surface area contributed by atoms with E-state index < -0.39 is 5.97 Å². The molecule has 0 aliphatic rings. The Labute approximate surface area is 103 Å². The zero-order valence-corrected chi connectivity index (χ0v) is 10.7. The third kappa shape index (κ3) is 3.41. The summed E-state index contributed by atoms with van der Waals surface area (Å²) in [4.78, 5) is 11.1. The lowest BCUT2D eigenvalue weighted by Gasteiger charge is -2.11. The second-order valence-electron chi connectivity index (χ2n) is 2.86. The zero-order chi connectivity index (χ0) is 12.0. The molecule has 1 aromatic carbocycles. The number of ether oxygens (including phenoxy) is 3. The fourth-order valence-electron chi connectivity index (χ4n) is 1.12. The number of hydrogen-bond acceptors (Lipinski definition) is 4. The molecule has 0 aliphatic carbocycles. The van der Waals surface area contributed by atoms with E-state index in [1.165, 1.54) is 0 Å². The number of benzene rings is 1. The van der Waals surface area contributed by atoms with Crippen LogP contribution in [0.5, 0.6) is 11.5 Å². The van der Waals surface area contributed by atoms with E-state index in [2.05, 4.69) is 15.9 Å². The Morgan fingerprint density at radius 3 is 2.81 bits per heavy atom. The van der Waals surface area contributed by atoms with Crippen molar-refractivity contribution >= 4 is 21.9 Å². The summed E-state index contributed by atoms with van der Waals surface area (Å²) in [5.41, 5.74) is 0. The van der Waals surface area contributed by atoms with E-state index in [-0.39, 0.29) is 6.61 Å². The van der Waals surface area contributed by atoms with Crippen molar-refractivity contribution < 1.29 is 19.0 Å². The van der Waals surface area contributed by atoms with E-state index in [1.807, 2.05) is 12.1 Å². The lowest BCUT2D eigenvalue weighted by atomic mass is 10.3. The summed E-state index contributed by atoms with van der Waals surface area (Å²) < 4.78 is 15.9. The maximum atomic E-state index is 11.1. The highest BCUT2D eigenvalue weighted by molar-refractivity contribution is 9.10. The van der Waals surface area contributed by atoms with Gasteiger partial charge in [-0.2, -0.15) is 0 Å². The van der Waals surface area contributed by atoms with Gasteiger partial charge in [0.2, 0.25) is 0 Å². The number of carbonyl (C=O) groups is 1. The number of carbonyl (C=O) groups excluding carboxylic acids is 1. The van der Waals surface area contributed by atoms with Gasteiger partial charge in [0.05, 0.1) is 18.2 Å². The van der Waals surface area contributed by atoms with Crippen molar-refractivity contribution in [3.8, 4) is 11.5 Å². The lowest BCUT2D eigenvalue weighted by Crippen LogP contribution is -2.15. The lowest BCUT2D eigenvalue weighted by molar-refractivity contribution is -0.145. The average molecular weight is 289 g/mol. The van der Waals surface area contributed by atoms with Crippen LogP contribution in [-0.4, -0.2) is 26.3 Å². The molecule has 16 heavy (non-hydrogen) atoms. The van der Waals surface area contributed by atoms with Crippen LogP contribution < -0.4 is 9.47 Å². The van der Waals surface area contributed by atoms with Crippen molar-refractivity contribution in [3.63, 3.8) is 0 Å². The maximum Gasteiger partial charge on any atom is 0.344 e. The van der Waals surface area contributed by atoms with Gasteiger partial charge in [0.1, 0.15) is 0 Å². The summed E-state index contributed by atoms with van der Waals surface area (Å²) >= 11 is 3.32. The summed E-state index contributed by atoms with van der Waals surface area (Å²) in [7, 11) is 1.54. The van der Waals surface area contributed by atoms with Crippen molar-refractivity contribution in [1.29, 1.82) is 0 Å². The maximum absolute atomic E-state index is 11.1. The summed E-state index contributed by atoms with van der Waals surface area (Å²) in [5, 5.41) is 0. The van der Waals surface area contributed by atoms with E-state index in [4.69, 9.17) is 14.2 Å². The Bertz CT molecular complexity index is 365. The summed E-state index contributed by atoms with van der Waals surface area (Å²) in [6.45, 7) is 1.96. The van der Waals surface area contributed by atoms with Crippen LogP contribution in [0.15, 0.2) is 22.7 Å². The molecule has 0 spiro atoms. The molecule has 0 aliphatic heterocycles. The number of methoxy groups -OCH3 is 1. The van der Waals surface area contributed by atoms with Gasteiger partial charge in [-0.1, -0.05) is 6.07 Å². The quantitative estimate of drug-likeness (QED) is 0.781. The van der Waals surface area contributed by atoms with Gasteiger partial charge in [-0.25, -0.2) is 4.79 Å². The van der Waals surface area contributed by atoms with Crippen LogP contribution in [0.3, 0.4) is 0 Å². The molecule has 0 saturated carbocycles. The Morgan fingerprint density at radius 1 is 1.44 bits per heavy atom. The molecule has 0 N–H and O–H groups in total. The fourth-order valence-corrected chi connectivity index (χ4v) is 1.59. The number of rotatable bonds is 5. The predicted molar refractivity (Wildman–Crippen MR) is 62.8 cm³/mol. The van der Waals surface area contributed by atoms with E-state index in [9.17, 15) is 4.79 Å². The van der Waals surface area contributed by atoms with Crippen LogP contribution in [0.4, 0.5) is 0 Å². The van der Waals surface area contributed by atoms with E-state index in [1.54, 1.807) is 20.1 Å². The van der Waals surface area contributed by atoms with Crippen LogP contribution in [0, 0.1) is 0 Å². The average Bonchev–Trinajstić information content (AvgIpc) is 2.27. The van der Waals surface area contributed by atoms with Gasteiger partial charge in [-0.05, 0) is 35.0 Å². The third-order valence-electron chi connectivity index (χ3n) is 1.79. The Kier molecular flexibility index (Phi) is 5.11. The molecule has 1 aromatic rings. The molecular weight excluding hydrogens is 276 g/mol. The molecule has 0 atom stereocenters. The summed E-state index contributed by atoms with van der Waals surface area (Å²) in [6.07, 6.45) is 0. The smallest absolute Gasteiger partial charge is 0.344 e. The molecule has 88 valence electrons. The number of esters is 1. The van der Waals surface area contributed by atoms with Gasteiger partial charge in [-0.15, -0.1) is 0 Å². The highest BCUT2D eigenvalue weighted by Crippen LogP contribution is 2.34. The van der Waals surface area contributed by atoms with Crippen molar-refractivity contribution in [2.75, 3.05) is 20.3 Å². The second-order valence-corrected chi connectivity index (χ2v) is 3.72. The van der Waals surface area contributed by atoms with Gasteiger partial charge >= 0.3 is 5.97 Å². The van der Waals surface area contributed by atoms with Crippen LogP contribution in [-0.2, 0) is 9.53 Å². The van der Waals surface area contributed by atoms with Gasteiger partial charge < -0.3 is 14.2 Å². The summed E-state index contributed by atoms with van der Waals surface area (Å²) in [6, 6.07) is 5.38. The van der Waals surface area contributed by atoms with Gasteiger partial charge in [0, 0.05) is 0 Å². The highest BCUT2D eigenvalue weighted by atomic mass is 79.9. The van der Waals surface area contributed by atoms with Gasteiger partial charge in [0.25, 0.3) is 0 Å². The molecule has 0 saturated heterocycles. The van der Waals surface area contributed by atoms with E-state index in [0.717, 1.165) is 4.47 Å². The molecule has 4 nitrogen and oxygen atoms in total. The van der Waals surface area contributed by atoms with Crippen LogP contribution in [0.2, 0.25) is 0 Å². The molecule has 0 unspecified atom stereocenters. The first-order valence-electron chi connectivity index (χ1n) is 4.80. The number of para-hydroxylation sites is 1. The standard InChI is InChI=1S/C11H13BrO4/c1-3-15-10(13)7-16-11-8(12)5-4-6-9(11)14-2/h4-6H,3,7H2,1-2H3. The monoisotopic (exact) mass is 288 g/mol. The Balaban J connectivity index is 2.69. The van der Waals surface area contributed by atoms with Gasteiger partial charge in [-0.3, -0.25) is 0 Å². The Hall–Kier alpha value is -1.23. The zero-order valence-electron chi connectivity index (χ0n) is 9.16. The fraction of sp³-hybridized carbons (Fsp3) is 0.364. The van der Waals surface area contributed by atoms with Crippen LogP contribution >= 0.6 is 15.9 Å². The molecule has 0 heterocycles. The van der Waals surface area contributed by atoms with Crippen molar-refractivity contribution in [1.82, 2.24) is 0 Å². The number of hydrogen-bond donors (Lipinski definition) is 0. The second kappa shape index (κ2) is 6.37. The first-order chi connectivity index (χ1) is 7.69.